The van der Waals surface area contributed by atoms with Crippen LogP contribution in [0.3, 0.4) is 0 Å². The Bertz CT molecular complexity index is 516. The molecule has 0 aliphatic carbocycles. The zero-order valence-electron chi connectivity index (χ0n) is 11.9. The van der Waals surface area contributed by atoms with Gasteiger partial charge < -0.3 is 0 Å². The van der Waals surface area contributed by atoms with Crippen molar-refractivity contribution in [3.05, 3.63) is 29.7 Å². The lowest BCUT2D eigenvalue weighted by atomic mass is 10.2. The van der Waals surface area contributed by atoms with Crippen molar-refractivity contribution in [3.8, 4) is 0 Å². The predicted molar refractivity (Wildman–Crippen MR) is 39.0 cm³/mol. The first-order valence-corrected chi connectivity index (χ1v) is 2.40. The van der Waals surface area contributed by atoms with Crippen LogP contribution in [0.15, 0.2) is 29.2 Å². The van der Waals surface area contributed by atoms with Crippen LogP contribution in [0.4, 0.5) is 5.69 Å². The highest BCUT2D eigenvalue weighted by Crippen LogP contribution is 2.15. The molecule has 0 saturated carbocycles. The maximum Gasteiger partial charge on any atom is 0.240 e. The summed E-state index contributed by atoms with van der Waals surface area (Å²) in [7, 11) is 0. The highest BCUT2D eigenvalue weighted by atomic mass is 16.1. The maximum atomic E-state index is 10.2. The Morgan fingerprint density at radius 1 is 1.70 bits per heavy atom. The van der Waals surface area contributed by atoms with Gasteiger partial charge in [0.25, 0.3) is 0 Å². The third-order valence-electron chi connectivity index (χ3n) is 0.825. The minimum absolute atomic E-state index is 0.592. The Morgan fingerprint density at radius 3 is 3.20 bits per heavy atom. The lowest BCUT2D eigenvalue weighted by molar-refractivity contribution is 0.565. The van der Waals surface area contributed by atoms with Gasteiger partial charge in [0.15, 0.2) is 0 Å². The van der Waals surface area contributed by atoms with Crippen molar-refractivity contribution in [2.75, 3.05) is 0 Å². The minimum atomic E-state index is -2.79. The van der Waals surface area contributed by atoms with Gasteiger partial charge in [-0.05, 0) is 18.5 Å². The van der Waals surface area contributed by atoms with E-state index in [2.05, 4.69) is 4.99 Å². The fourth-order valence-corrected chi connectivity index (χ4v) is 0.435. The molecule has 0 fully saturated rings. The number of carbonyl (C=O) groups excluding carboxylic acids is 1. The van der Waals surface area contributed by atoms with Crippen molar-refractivity contribution in [3.63, 3.8) is 0 Å². The molecule has 0 atom stereocenters. The summed E-state index contributed by atoms with van der Waals surface area (Å²) < 4.78 is 51.2. The van der Waals surface area contributed by atoms with Crippen molar-refractivity contribution in [1.29, 1.82) is 0 Å². The highest BCUT2D eigenvalue weighted by molar-refractivity contribution is 5.52. The molecule has 10 heavy (non-hydrogen) atoms. The van der Waals surface area contributed by atoms with E-state index in [-0.39, 0.29) is 0 Å². The van der Waals surface area contributed by atoms with Crippen LogP contribution in [0.25, 0.3) is 0 Å². The van der Waals surface area contributed by atoms with Crippen molar-refractivity contribution < 1.29 is 14.4 Å². The molecule has 0 radical (unpaired) electrons. The second-order valence-corrected chi connectivity index (χ2v) is 1.43. The summed E-state index contributed by atoms with van der Waals surface area (Å²) in [5.74, 6) is 0. The van der Waals surface area contributed by atoms with Crippen LogP contribution in [0, 0.1) is 6.85 Å². The smallest absolute Gasteiger partial charge is 0.211 e. The van der Waals surface area contributed by atoms with Crippen molar-refractivity contribution in [2.45, 2.75) is 6.85 Å². The molecule has 0 saturated heterocycles. The normalized spacial score (nSPS) is 19.8. The molecule has 0 unspecified atom stereocenters. The van der Waals surface area contributed by atoms with Gasteiger partial charge >= 0.3 is 0 Å². The van der Waals surface area contributed by atoms with Crippen molar-refractivity contribution in [2.24, 2.45) is 4.99 Å². The Balaban J connectivity index is 3.85. The predicted octanol–water partition coefficient (Wildman–Crippen LogP) is 1.96. The summed E-state index contributed by atoms with van der Waals surface area (Å²) >= 11 is 0. The quantitative estimate of drug-likeness (QED) is 0.433. The Labute approximate surface area is 69.1 Å². The fourth-order valence-electron chi connectivity index (χ4n) is 0.435. The molecule has 0 aromatic heterocycles. The van der Waals surface area contributed by atoms with Crippen molar-refractivity contribution >= 4 is 11.8 Å². The van der Waals surface area contributed by atoms with Gasteiger partial charge in [-0.15, -0.1) is 0 Å². The largest absolute Gasteiger partial charge is 0.240 e. The number of hydrogen-bond acceptors (Lipinski definition) is 2. The van der Waals surface area contributed by atoms with Crippen LogP contribution >= 0.6 is 0 Å². The van der Waals surface area contributed by atoms with Gasteiger partial charge in [0.05, 0.1) is 11.2 Å². The standard InChI is InChI=1S/C8H7NO/c1-7-4-2-3-5-8(7)9-6-10/h2-5H,1H3/i1D3,2D,3D,4D,5D. The molecule has 0 aliphatic heterocycles. The topological polar surface area (TPSA) is 29.4 Å². The SMILES string of the molecule is [2H]c1c([2H])c([2H])c(C([2H])([2H])[2H])c(N=C=O)c1[2H]. The van der Waals surface area contributed by atoms with Gasteiger partial charge in [-0.3, -0.25) is 0 Å². The van der Waals surface area contributed by atoms with Gasteiger partial charge in [-0.25, -0.2) is 4.79 Å². The molecule has 2 nitrogen and oxygen atoms in total. The summed E-state index contributed by atoms with van der Waals surface area (Å²) in [4.78, 5) is 13.2. The zero-order valence-corrected chi connectivity index (χ0v) is 4.86. The molecule has 0 spiro atoms. The van der Waals surface area contributed by atoms with Crippen molar-refractivity contribution in [1.82, 2.24) is 0 Å². The van der Waals surface area contributed by atoms with Gasteiger partial charge in [-0.1, -0.05) is 18.1 Å². The average Bonchev–Trinajstić information content (AvgIpc) is 2.21. The first-order chi connectivity index (χ1) is 7.71. The van der Waals surface area contributed by atoms with E-state index in [0.717, 1.165) is 6.08 Å². The summed E-state index contributed by atoms with van der Waals surface area (Å²) in [5, 5.41) is 0. The molecular formula is C8H7NO. The van der Waals surface area contributed by atoms with E-state index in [1.54, 1.807) is 0 Å². The number of hydrogen-bond donors (Lipinski definition) is 0. The van der Waals surface area contributed by atoms with E-state index >= 15 is 0 Å². The van der Waals surface area contributed by atoms with Crippen LogP contribution in [-0.4, -0.2) is 6.08 Å². The first-order valence-electron chi connectivity index (χ1n) is 5.90. The number of rotatable bonds is 1. The minimum Gasteiger partial charge on any atom is -0.211 e. The molecule has 1 aromatic carbocycles. The second-order valence-electron chi connectivity index (χ2n) is 1.43. The van der Waals surface area contributed by atoms with E-state index in [0.29, 0.717) is 0 Å². The number of benzene rings is 1. The van der Waals surface area contributed by atoms with E-state index in [1.807, 2.05) is 0 Å². The summed E-state index contributed by atoms with van der Waals surface area (Å²) in [6.07, 6.45) is 1.09. The third-order valence-corrected chi connectivity index (χ3v) is 0.825. The summed E-state index contributed by atoms with van der Waals surface area (Å²) in [6, 6.07) is -2.71. The molecule has 0 amide bonds. The Morgan fingerprint density at radius 2 is 2.50 bits per heavy atom. The van der Waals surface area contributed by atoms with Crippen LogP contribution in [0.2, 0.25) is 0 Å². The van der Waals surface area contributed by atoms with E-state index in [1.165, 1.54) is 0 Å². The first kappa shape index (κ1) is 2.04. The zero-order chi connectivity index (χ0) is 13.4. The number of aliphatic imine (C=N–C) groups is 1. The molecule has 50 valence electrons. The molecule has 2 heteroatoms. The van der Waals surface area contributed by atoms with E-state index < -0.39 is 42.3 Å². The number of isocyanates is 1. The summed E-state index contributed by atoms with van der Waals surface area (Å²) in [6.45, 7) is -2.79. The van der Waals surface area contributed by atoms with Crippen LogP contribution in [-0.2, 0) is 4.79 Å². The number of para-hydroxylation sites is 1. The molecule has 1 aromatic rings. The van der Waals surface area contributed by atoms with Crippen LogP contribution < -0.4 is 0 Å². The molecule has 0 aliphatic rings. The lowest BCUT2D eigenvalue weighted by Crippen LogP contribution is -1.70. The second kappa shape index (κ2) is 2.95. The molecule has 1 rings (SSSR count). The van der Waals surface area contributed by atoms with Crippen LogP contribution in [0.1, 0.15) is 15.2 Å². The number of nitrogens with zero attached hydrogens (tertiary/aromatic N) is 1. The highest BCUT2D eigenvalue weighted by Gasteiger charge is 1.90. The Hall–Kier alpha value is -1.40. The molecule has 0 N–H and O–H groups in total. The molecule has 0 bridgehead atoms. The Kier molecular flexibility index (Phi) is 0.601. The van der Waals surface area contributed by atoms with E-state index in [4.69, 9.17) is 9.60 Å². The van der Waals surface area contributed by atoms with Gasteiger partial charge in [0.2, 0.25) is 6.08 Å². The molecule has 0 heterocycles. The van der Waals surface area contributed by atoms with E-state index in [9.17, 15) is 4.79 Å². The van der Waals surface area contributed by atoms with Gasteiger partial charge in [0.1, 0.15) is 0 Å². The van der Waals surface area contributed by atoms with Gasteiger partial charge in [-0.2, -0.15) is 4.99 Å². The monoisotopic (exact) mass is 140 g/mol. The molecular weight excluding hydrogens is 126 g/mol. The average molecular weight is 140 g/mol. The fraction of sp³-hybridized carbons (Fsp3) is 0.125. The third kappa shape index (κ3) is 1.30. The maximum absolute atomic E-state index is 10.2. The van der Waals surface area contributed by atoms with Crippen LogP contribution in [0.5, 0.6) is 0 Å². The summed E-state index contributed by atoms with van der Waals surface area (Å²) in [5.41, 5.74) is -1.27. The van der Waals surface area contributed by atoms with Gasteiger partial charge in [0, 0.05) is 4.11 Å². The lowest BCUT2D eigenvalue weighted by Gasteiger charge is -1.92.